The summed E-state index contributed by atoms with van der Waals surface area (Å²) in [6, 6.07) is 23.4. The second kappa shape index (κ2) is 10.7. The fourth-order valence-corrected chi connectivity index (χ4v) is 6.27. The van der Waals surface area contributed by atoms with E-state index in [-0.39, 0.29) is 23.4 Å². The van der Waals surface area contributed by atoms with Crippen molar-refractivity contribution in [3.8, 4) is 17.2 Å². The number of allylic oxidation sites excluding steroid dienone is 4. The first-order chi connectivity index (χ1) is 19.5. The van der Waals surface area contributed by atoms with Gasteiger partial charge in [-0.15, -0.1) is 0 Å². The van der Waals surface area contributed by atoms with Crippen molar-refractivity contribution in [2.24, 2.45) is 0 Å². The van der Waals surface area contributed by atoms with Crippen LogP contribution in [-0.4, -0.2) is 32.9 Å². The van der Waals surface area contributed by atoms with Crippen LogP contribution in [0.5, 0.6) is 17.2 Å². The van der Waals surface area contributed by atoms with Gasteiger partial charge in [-0.25, -0.2) is 0 Å². The van der Waals surface area contributed by atoms with Crippen molar-refractivity contribution in [2.45, 2.75) is 43.4 Å². The van der Waals surface area contributed by atoms with Gasteiger partial charge in [0.2, 0.25) is 0 Å². The lowest BCUT2D eigenvalue weighted by molar-refractivity contribution is -0.118. The molecule has 6 heteroatoms. The highest BCUT2D eigenvalue weighted by atomic mass is 16.5. The Morgan fingerprint density at radius 1 is 0.525 bits per heavy atom. The molecule has 0 saturated carbocycles. The van der Waals surface area contributed by atoms with Gasteiger partial charge in [-0.1, -0.05) is 36.4 Å². The third kappa shape index (κ3) is 4.68. The monoisotopic (exact) mass is 536 g/mol. The van der Waals surface area contributed by atoms with E-state index in [4.69, 9.17) is 18.9 Å². The van der Waals surface area contributed by atoms with Crippen LogP contribution in [0.2, 0.25) is 0 Å². The first-order valence-electron chi connectivity index (χ1n) is 13.6. The summed E-state index contributed by atoms with van der Waals surface area (Å²) < 4.78 is 22.6. The molecule has 6 rings (SSSR count). The van der Waals surface area contributed by atoms with E-state index in [1.807, 2.05) is 72.8 Å². The smallest absolute Gasteiger partial charge is 0.163 e. The van der Waals surface area contributed by atoms with Gasteiger partial charge < -0.3 is 18.9 Å². The summed E-state index contributed by atoms with van der Waals surface area (Å²) in [5, 5.41) is 0. The Labute approximate surface area is 234 Å². The van der Waals surface area contributed by atoms with Crippen LogP contribution in [0.3, 0.4) is 0 Å². The third-order valence-corrected chi connectivity index (χ3v) is 8.38. The van der Waals surface area contributed by atoms with Crippen LogP contribution in [0.15, 0.2) is 95.5 Å². The maximum Gasteiger partial charge on any atom is 0.163 e. The molecule has 6 nitrogen and oxygen atoms in total. The van der Waals surface area contributed by atoms with Gasteiger partial charge in [0.15, 0.2) is 11.6 Å². The van der Waals surface area contributed by atoms with Gasteiger partial charge >= 0.3 is 0 Å². The van der Waals surface area contributed by atoms with Crippen LogP contribution in [0.25, 0.3) is 0 Å². The Kier molecular flexibility index (Phi) is 6.93. The predicted octanol–water partition coefficient (Wildman–Crippen LogP) is 6.63. The van der Waals surface area contributed by atoms with E-state index in [1.165, 1.54) is 0 Å². The third-order valence-electron chi connectivity index (χ3n) is 8.38. The molecule has 2 unspecified atom stereocenters. The van der Waals surface area contributed by atoms with Crippen molar-refractivity contribution in [1.82, 2.24) is 0 Å². The number of ketones is 2. The number of rotatable bonds is 6. The average Bonchev–Trinajstić information content (AvgIpc) is 3.00. The van der Waals surface area contributed by atoms with Gasteiger partial charge in [0.1, 0.15) is 28.8 Å². The normalized spacial score (nSPS) is 22.3. The molecule has 2 aliphatic carbocycles. The van der Waals surface area contributed by atoms with Crippen molar-refractivity contribution in [1.29, 1.82) is 0 Å². The zero-order valence-electron chi connectivity index (χ0n) is 22.9. The predicted molar refractivity (Wildman–Crippen MR) is 151 cm³/mol. The minimum absolute atomic E-state index is 0.00694. The summed E-state index contributed by atoms with van der Waals surface area (Å²) >= 11 is 0. The van der Waals surface area contributed by atoms with E-state index in [1.54, 1.807) is 21.3 Å². The van der Waals surface area contributed by atoms with Crippen molar-refractivity contribution in [3.05, 3.63) is 112 Å². The van der Waals surface area contributed by atoms with Crippen LogP contribution in [0.1, 0.15) is 60.1 Å². The van der Waals surface area contributed by atoms with E-state index in [0.29, 0.717) is 48.3 Å². The molecule has 2 atom stereocenters. The van der Waals surface area contributed by atoms with Crippen LogP contribution in [0, 0.1) is 0 Å². The molecule has 40 heavy (non-hydrogen) atoms. The Morgan fingerprint density at radius 3 is 1.23 bits per heavy atom. The molecule has 0 amide bonds. The lowest BCUT2D eigenvalue weighted by Crippen LogP contribution is -2.33. The molecule has 0 N–H and O–H groups in total. The molecule has 0 spiro atoms. The highest BCUT2D eigenvalue weighted by molar-refractivity contribution is 6.06. The number of Topliss-reactive ketones (excluding diaryl/α,β-unsaturated/α-hetero) is 2. The summed E-state index contributed by atoms with van der Waals surface area (Å²) in [6.45, 7) is 0. The molecule has 204 valence electrons. The van der Waals surface area contributed by atoms with Crippen molar-refractivity contribution < 1.29 is 28.5 Å². The van der Waals surface area contributed by atoms with Gasteiger partial charge in [0.25, 0.3) is 0 Å². The summed E-state index contributed by atoms with van der Waals surface area (Å²) in [7, 11) is 4.90. The molecule has 3 aliphatic rings. The Bertz CT molecular complexity index is 1400. The van der Waals surface area contributed by atoms with Gasteiger partial charge in [-0.05, 0) is 64.9 Å². The largest absolute Gasteiger partial charge is 0.497 e. The van der Waals surface area contributed by atoms with E-state index < -0.39 is 5.92 Å². The number of hydrogen-bond donors (Lipinski definition) is 0. The zero-order chi connectivity index (χ0) is 27.8. The summed E-state index contributed by atoms with van der Waals surface area (Å²) in [5.41, 5.74) is 4.27. The molecular formula is C34H32O6. The minimum atomic E-state index is -0.446. The number of carbonyl (C=O) groups excluding carboxylic acids is 2. The zero-order valence-corrected chi connectivity index (χ0v) is 22.9. The van der Waals surface area contributed by atoms with Crippen LogP contribution >= 0.6 is 0 Å². The second-order valence-electron chi connectivity index (χ2n) is 10.6. The first kappa shape index (κ1) is 25.9. The number of carbonyl (C=O) groups is 2. The first-order valence-corrected chi connectivity index (χ1v) is 13.6. The molecule has 0 aromatic heterocycles. The highest BCUT2D eigenvalue weighted by Crippen LogP contribution is 2.52. The van der Waals surface area contributed by atoms with Crippen LogP contribution < -0.4 is 14.2 Å². The summed E-state index contributed by atoms with van der Waals surface area (Å²) in [4.78, 5) is 27.7. The van der Waals surface area contributed by atoms with E-state index in [9.17, 15) is 9.59 Å². The lowest BCUT2D eigenvalue weighted by atomic mass is 9.69. The molecular weight excluding hydrogens is 504 g/mol. The molecule has 0 fully saturated rings. The maximum atomic E-state index is 13.8. The number of methoxy groups -OCH3 is 3. The SMILES string of the molecule is COc1ccc(C2CC(=O)C3=C(C2)OC2=C(C(=O)CC(c4ccc(OC)cc4)C2)C3c2ccc(OC)cc2)cc1. The Morgan fingerprint density at radius 2 is 0.875 bits per heavy atom. The molecule has 1 aliphatic heterocycles. The second-order valence-corrected chi connectivity index (χ2v) is 10.6. The molecule has 3 aromatic carbocycles. The molecule has 0 saturated heterocycles. The number of hydrogen-bond acceptors (Lipinski definition) is 6. The van der Waals surface area contributed by atoms with Gasteiger partial charge in [0, 0.05) is 42.7 Å². The average molecular weight is 537 g/mol. The fraction of sp³-hybridized carbons (Fsp3) is 0.294. The summed E-state index contributed by atoms with van der Waals surface area (Å²) in [6.07, 6.45) is 1.93. The maximum absolute atomic E-state index is 13.8. The summed E-state index contributed by atoms with van der Waals surface area (Å²) in [5.74, 6) is 3.24. The van der Waals surface area contributed by atoms with Crippen molar-refractivity contribution in [3.63, 3.8) is 0 Å². The highest BCUT2D eigenvalue weighted by Gasteiger charge is 2.45. The van der Waals surface area contributed by atoms with Crippen molar-refractivity contribution in [2.75, 3.05) is 21.3 Å². The van der Waals surface area contributed by atoms with E-state index in [2.05, 4.69) is 0 Å². The van der Waals surface area contributed by atoms with Crippen LogP contribution in [-0.2, 0) is 14.3 Å². The van der Waals surface area contributed by atoms with Crippen LogP contribution in [0.4, 0.5) is 0 Å². The van der Waals surface area contributed by atoms with E-state index in [0.717, 1.165) is 33.9 Å². The quantitative estimate of drug-likeness (QED) is 0.352. The molecule has 3 aromatic rings. The standard InChI is InChI=1S/C34H32O6/c1-37-25-10-4-20(5-11-25)23-16-28(35)33-30(18-23)40-31-19-24(21-6-12-26(38-2)13-7-21)17-29(36)34(31)32(33)22-8-14-27(39-3)15-9-22/h4-15,23-24,32H,16-19H2,1-3H3. The Balaban J connectivity index is 1.39. The fourth-order valence-electron chi connectivity index (χ4n) is 6.27. The lowest BCUT2D eigenvalue weighted by Gasteiger charge is -2.39. The number of benzene rings is 3. The molecule has 0 bridgehead atoms. The topological polar surface area (TPSA) is 71.1 Å². The minimum Gasteiger partial charge on any atom is -0.497 e. The van der Waals surface area contributed by atoms with Gasteiger partial charge in [-0.2, -0.15) is 0 Å². The van der Waals surface area contributed by atoms with Gasteiger partial charge in [-0.3, -0.25) is 9.59 Å². The van der Waals surface area contributed by atoms with Gasteiger partial charge in [0.05, 0.1) is 21.3 Å². The molecule has 1 heterocycles. The Hall–Kier alpha value is -4.32. The number of ether oxygens (including phenoxy) is 4. The van der Waals surface area contributed by atoms with Crippen molar-refractivity contribution >= 4 is 11.6 Å². The van der Waals surface area contributed by atoms with E-state index >= 15 is 0 Å². The molecule has 0 radical (unpaired) electrons.